The molecule has 21 heavy (non-hydrogen) atoms. The van der Waals surface area contributed by atoms with E-state index in [0.29, 0.717) is 17.2 Å². The molecule has 1 atom stereocenters. The van der Waals surface area contributed by atoms with Gasteiger partial charge in [0.05, 0.1) is 21.3 Å². The molecule has 6 nitrogen and oxygen atoms in total. The van der Waals surface area contributed by atoms with Crippen LogP contribution in [0.15, 0.2) is 22.9 Å². The van der Waals surface area contributed by atoms with E-state index in [2.05, 4.69) is 4.90 Å². The van der Waals surface area contributed by atoms with Crippen LogP contribution in [0.5, 0.6) is 17.2 Å². The minimum atomic E-state index is -0.0267. The molecule has 0 saturated heterocycles. The second-order valence-electron chi connectivity index (χ2n) is 4.73. The Morgan fingerprint density at radius 3 is 2.48 bits per heavy atom. The highest BCUT2D eigenvalue weighted by molar-refractivity contribution is 8.00. The van der Waals surface area contributed by atoms with E-state index < -0.39 is 0 Å². The third-order valence-electron chi connectivity index (χ3n) is 3.70. The highest BCUT2D eigenvalue weighted by Crippen LogP contribution is 2.58. The molecule has 2 aliphatic heterocycles. The molecule has 1 N–H and O–H groups in total. The molecule has 1 aromatic carbocycles. The minimum absolute atomic E-state index is 0.00397. The topological polar surface area (TPSA) is 54.4 Å². The Morgan fingerprint density at radius 1 is 1.19 bits per heavy atom. The number of benzene rings is 1. The monoisotopic (exact) mass is 310 g/mol. The molecule has 1 unspecified atom stereocenters. The first-order valence-corrected chi connectivity index (χ1v) is 7.38. The minimum Gasteiger partial charge on any atom is -0.493 e. The second-order valence-corrected chi connectivity index (χ2v) is 5.82. The van der Waals surface area contributed by atoms with Gasteiger partial charge in [-0.2, -0.15) is 0 Å². The number of nitrogens with zero attached hydrogens (tertiary/aromatic N) is 2. The molecule has 0 aromatic heterocycles. The molecule has 0 spiro atoms. The van der Waals surface area contributed by atoms with Crippen molar-refractivity contribution in [3.05, 3.63) is 18.0 Å². The Bertz CT molecular complexity index is 605. The van der Waals surface area contributed by atoms with Crippen LogP contribution in [0.4, 0.5) is 5.69 Å². The van der Waals surface area contributed by atoms with Crippen LogP contribution in [-0.4, -0.2) is 43.6 Å². The number of thioether (sulfide) groups is 1. The van der Waals surface area contributed by atoms with E-state index in [0.717, 1.165) is 16.3 Å². The Balaban J connectivity index is 2.16. The van der Waals surface area contributed by atoms with Crippen molar-refractivity contribution in [1.82, 2.24) is 4.90 Å². The van der Waals surface area contributed by atoms with Crippen LogP contribution in [0, 0.1) is 0 Å². The number of allylic oxidation sites excluding steroid dienone is 1. The summed E-state index contributed by atoms with van der Waals surface area (Å²) < 4.78 is 16.4. The van der Waals surface area contributed by atoms with Crippen LogP contribution >= 0.6 is 11.8 Å². The number of methoxy groups -OCH3 is 3. The summed E-state index contributed by atoms with van der Waals surface area (Å²) in [5, 5.41) is 9.56. The van der Waals surface area contributed by atoms with Crippen LogP contribution in [-0.2, 0) is 0 Å². The third kappa shape index (κ3) is 1.91. The molecule has 0 amide bonds. The zero-order chi connectivity index (χ0) is 15.1. The molecule has 3 rings (SSSR count). The van der Waals surface area contributed by atoms with Gasteiger partial charge in [0.15, 0.2) is 17.0 Å². The van der Waals surface area contributed by atoms with E-state index in [1.165, 1.54) is 0 Å². The second kappa shape index (κ2) is 5.23. The summed E-state index contributed by atoms with van der Waals surface area (Å²) >= 11 is 1.65. The van der Waals surface area contributed by atoms with Gasteiger partial charge < -0.3 is 29.1 Å². The van der Waals surface area contributed by atoms with Gasteiger partial charge in [-0.05, 0) is 6.92 Å². The van der Waals surface area contributed by atoms with Crippen LogP contribution in [0.3, 0.4) is 0 Å². The first-order chi connectivity index (χ1) is 10.2. The Kier molecular flexibility index (Phi) is 3.54. The van der Waals surface area contributed by atoms with Gasteiger partial charge >= 0.3 is 0 Å². The van der Waals surface area contributed by atoms with Gasteiger partial charge in [0.1, 0.15) is 12.4 Å². The van der Waals surface area contributed by atoms with E-state index in [9.17, 15) is 5.11 Å². The number of fused-ring (bicyclic) bond motifs is 3. The summed E-state index contributed by atoms with van der Waals surface area (Å²) in [5.41, 5.74) is 1.95. The Labute approximate surface area is 127 Å². The summed E-state index contributed by atoms with van der Waals surface area (Å²) in [5.74, 6) is 1.86. The van der Waals surface area contributed by atoms with E-state index in [1.54, 1.807) is 33.1 Å². The van der Waals surface area contributed by atoms with Gasteiger partial charge in [-0.15, -0.1) is 0 Å². The molecule has 0 aliphatic carbocycles. The molecule has 0 saturated carbocycles. The average molecular weight is 310 g/mol. The normalized spacial score (nSPS) is 19.3. The number of aliphatic hydroxyl groups excluding tert-OH is 1. The first kappa shape index (κ1) is 14.2. The molecule has 114 valence electrons. The molecule has 0 bridgehead atoms. The van der Waals surface area contributed by atoms with Crippen LogP contribution in [0.1, 0.15) is 6.92 Å². The SMILES string of the molecule is COc1cc2c(c(OC)c1OC)N1C=C(C)N(CO)C1S2. The fraction of sp³-hybridized carbons (Fsp3) is 0.429. The number of hydrogen-bond donors (Lipinski definition) is 1. The van der Waals surface area contributed by atoms with E-state index in [1.807, 2.05) is 24.1 Å². The van der Waals surface area contributed by atoms with Crippen molar-refractivity contribution < 1.29 is 19.3 Å². The molecule has 2 aliphatic rings. The van der Waals surface area contributed by atoms with Crippen molar-refractivity contribution in [3.8, 4) is 17.2 Å². The molecule has 1 aromatic rings. The number of ether oxygens (including phenoxy) is 3. The average Bonchev–Trinajstić information content (AvgIpc) is 2.98. The predicted molar refractivity (Wildman–Crippen MR) is 80.9 cm³/mol. The number of rotatable bonds is 4. The number of aliphatic hydroxyl groups is 1. The smallest absolute Gasteiger partial charge is 0.205 e. The molecule has 0 radical (unpaired) electrons. The maximum atomic E-state index is 9.56. The van der Waals surface area contributed by atoms with Crippen LogP contribution in [0.25, 0.3) is 0 Å². The molecular weight excluding hydrogens is 292 g/mol. The highest BCUT2D eigenvalue weighted by atomic mass is 32.2. The van der Waals surface area contributed by atoms with Crippen molar-refractivity contribution in [1.29, 1.82) is 0 Å². The lowest BCUT2D eigenvalue weighted by molar-refractivity contribution is 0.141. The summed E-state index contributed by atoms with van der Waals surface area (Å²) in [6.07, 6.45) is 2.01. The lowest BCUT2D eigenvalue weighted by atomic mass is 10.2. The van der Waals surface area contributed by atoms with Crippen molar-refractivity contribution in [2.45, 2.75) is 17.3 Å². The van der Waals surface area contributed by atoms with Gasteiger partial charge in [0.2, 0.25) is 5.75 Å². The van der Waals surface area contributed by atoms with Crippen molar-refractivity contribution >= 4 is 17.4 Å². The fourth-order valence-electron chi connectivity index (χ4n) is 2.71. The first-order valence-electron chi connectivity index (χ1n) is 6.50. The van der Waals surface area contributed by atoms with E-state index in [4.69, 9.17) is 14.2 Å². The Morgan fingerprint density at radius 2 is 1.90 bits per heavy atom. The van der Waals surface area contributed by atoms with Gasteiger partial charge in [0.25, 0.3) is 0 Å². The van der Waals surface area contributed by atoms with Gasteiger partial charge in [0, 0.05) is 22.9 Å². The van der Waals surface area contributed by atoms with Crippen molar-refractivity contribution in [2.24, 2.45) is 0 Å². The van der Waals surface area contributed by atoms with Crippen molar-refractivity contribution in [3.63, 3.8) is 0 Å². The summed E-state index contributed by atoms with van der Waals surface area (Å²) in [4.78, 5) is 5.05. The lowest BCUT2D eigenvalue weighted by Crippen LogP contribution is -2.34. The van der Waals surface area contributed by atoms with Crippen LogP contribution in [0.2, 0.25) is 0 Å². The molecule has 2 heterocycles. The van der Waals surface area contributed by atoms with E-state index in [-0.39, 0.29) is 12.2 Å². The Hall–Kier alpha value is -1.73. The maximum absolute atomic E-state index is 9.56. The molecule has 7 heteroatoms. The standard InChI is InChI=1S/C14H18N2O4S/c1-8-6-15-11-10(21-14(15)16(8)7-17)5-9(18-2)12(19-3)13(11)20-4/h5-6,14,17H,7H2,1-4H3. The summed E-state index contributed by atoms with van der Waals surface area (Å²) in [6, 6.07) is 1.94. The lowest BCUT2D eigenvalue weighted by Gasteiger charge is -2.26. The molecule has 0 fully saturated rings. The van der Waals surface area contributed by atoms with E-state index >= 15 is 0 Å². The van der Waals surface area contributed by atoms with Crippen LogP contribution < -0.4 is 19.1 Å². The fourth-order valence-corrected chi connectivity index (χ4v) is 4.06. The third-order valence-corrected chi connectivity index (χ3v) is 4.95. The number of hydrogen-bond acceptors (Lipinski definition) is 7. The summed E-state index contributed by atoms with van der Waals surface area (Å²) in [7, 11) is 4.82. The van der Waals surface area contributed by atoms with Gasteiger partial charge in [-0.25, -0.2) is 0 Å². The zero-order valence-electron chi connectivity index (χ0n) is 12.4. The van der Waals surface area contributed by atoms with Gasteiger partial charge in [-0.1, -0.05) is 11.8 Å². The predicted octanol–water partition coefficient (Wildman–Crippen LogP) is 2.03. The number of anilines is 1. The largest absolute Gasteiger partial charge is 0.493 e. The maximum Gasteiger partial charge on any atom is 0.205 e. The highest BCUT2D eigenvalue weighted by Gasteiger charge is 2.42. The summed E-state index contributed by atoms with van der Waals surface area (Å²) in [6.45, 7) is 1.95. The quantitative estimate of drug-likeness (QED) is 0.913. The zero-order valence-corrected chi connectivity index (χ0v) is 13.2. The van der Waals surface area contributed by atoms with Gasteiger partial charge in [-0.3, -0.25) is 0 Å². The molecular formula is C14H18N2O4S. The van der Waals surface area contributed by atoms with Crippen molar-refractivity contribution in [2.75, 3.05) is 33.0 Å².